The summed E-state index contributed by atoms with van der Waals surface area (Å²) in [6.45, 7) is 7.13. The number of hydrogen-bond acceptors (Lipinski definition) is 4. The molecule has 0 unspecified atom stereocenters. The molecule has 0 radical (unpaired) electrons. The summed E-state index contributed by atoms with van der Waals surface area (Å²) in [5.41, 5.74) is 2.34. The summed E-state index contributed by atoms with van der Waals surface area (Å²) >= 11 is 0. The van der Waals surface area contributed by atoms with Gasteiger partial charge in [0.1, 0.15) is 11.9 Å². The Balaban J connectivity index is 1.97. The fraction of sp³-hybridized carbons (Fsp3) is 0.600. The van der Waals surface area contributed by atoms with Crippen LogP contribution in [-0.2, 0) is 22.6 Å². The van der Waals surface area contributed by atoms with Crippen LogP contribution in [0.1, 0.15) is 25.0 Å². The molecule has 0 saturated carbocycles. The van der Waals surface area contributed by atoms with E-state index in [9.17, 15) is 0 Å². The van der Waals surface area contributed by atoms with E-state index < -0.39 is 0 Å². The average Bonchev–Trinajstić information content (AvgIpc) is 2.34. The van der Waals surface area contributed by atoms with E-state index in [1.54, 1.807) is 7.11 Å². The van der Waals surface area contributed by atoms with Gasteiger partial charge in [-0.1, -0.05) is 19.9 Å². The molecule has 19 heavy (non-hydrogen) atoms. The molecule has 4 nitrogen and oxygen atoms in total. The molecule has 1 N–H and O–H groups in total. The molecule has 2 rings (SSSR count). The first-order valence-corrected chi connectivity index (χ1v) is 6.77. The maximum Gasteiger partial charge on any atom is 0.124 e. The lowest BCUT2D eigenvalue weighted by atomic mass is 10.1. The SMILES string of the molecule is COc1ccc(CNC(C)C)cc1COC1COC1. The zero-order chi connectivity index (χ0) is 13.7. The van der Waals surface area contributed by atoms with Crippen LogP contribution in [0.4, 0.5) is 0 Å². The second-order valence-electron chi connectivity index (χ2n) is 5.15. The minimum Gasteiger partial charge on any atom is -0.496 e. The quantitative estimate of drug-likeness (QED) is 0.819. The number of methoxy groups -OCH3 is 1. The highest BCUT2D eigenvalue weighted by atomic mass is 16.6. The minimum absolute atomic E-state index is 0.238. The molecule has 0 bridgehead atoms. The van der Waals surface area contributed by atoms with Crippen molar-refractivity contribution in [1.29, 1.82) is 0 Å². The zero-order valence-electron chi connectivity index (χ0n) is 11.9. The van der Waals surface area contributed by atoms with E-state index in [1.165, 1.54) is 5.56 Å². The zero-order valence-corrected chi connectivity index (χ0v) is 11.9. The van der Waals surface area contributed by atoms with Crippen molar-refractivity contribution in [2.24, 2.45) is 0 Å². The molecule has 1 aromatic carbocycles. The number of nitrogens with one attached hydrogen (secondary N) is 1. The van der Waals surface area contributed by atoms with Crippen molar-refractivity contribution in [3.63, 3.8) is 0 Å². The Bertz CT molecular complexity index is 402. The topological polar surface area (TPSA) is 39.7 Å². The van der Waals surface area contributed by atoms with E-state index in [2.05, 4.69) is 31.3 Å². The molecule has 0 aromatic heterocycles. The van der Waals surface area contributed by atoms with Gasteiger partial charge in [0.15, 0.2) is 0 Å². The van der Waals surface area contributed by atoms with Crippen molar-refractivity contribution >= 4 is 0 Å². The summed E-state index contributed by atoms with van der Waals surface area (Å²) in [5.74, 6) is 0.883. The average molecular weight is 265 g/mol. The van der Waals surface area contributed by atoms with E-state index in [0.29, 0.717) is 25.9 Å². The van der Waals surface area contributed by atoms with Crippen LogP contribution in [0.15, 0.2) is 18.2 Å². The van der Waals surface area contributed by atoms with Gasteiger partial charge >= 0.3 is 0 Å². The van der Waals surface area contributed by atoms with Gasteiger partial charge in [0.05, 0.1) is 26.9 Å². The molecular formula is C15H23NO3. The Kier molecular flexibility index (Phi) is 5.19. The third kappa shape index (κ3) is 4.20. The normalized spacial score (nSPS) is 15.6. The van der Waals surface area contributed by atoms with Crippen molar-refractivity contribution in [2.75, 3.05) is 20.3 Å². The molecule has 1 aromatic rings. The second-order valence-corrected chi connectivity index (χ2v) is 5.15. The lowest BCUT2D eigenvalue weighted by molar-refractivity contribution is -0.135. The summed E-state index contributed by atoms with van der Waals surface area (Å²) in [6.07, 6.45) is 0.238. The van der Waals surface area contributed by atoms with E-state index in [-0.39, 0.29) is 6.10 Å². The number of benzene rings is 1. The molecule has 1 aliphatic rings. The van der Waals surface area contributed by atoms with Gasteiger partial charge in [0.25, 0.3) is 0 Å². The van der Waals surface area contributed by atoms with E-state index in [0.717, 1.165) is 17.9 Å². The van der Waals surface area contributed by atoms with Gasteiger partial charge in [-0.25, -0.2) is 0 Å². The van der Waals surface area contributed by atoms with Gasteiger partial charge in [-0.05, 0) is 17.7 Å². The van der Waals surface area contributed by atoms with Gasteiger partial charge in [-0.2, -0.15) is 0 Å². The van der Waals surface area contributed by atoms with Crippen LogP contribution >= 0.6 is 0 Å². The number of hydrogen-bond donors (Lipinski definition) is 1. The summed E-state index contributed by atoms with van der Waals surface area (Å²) < 4.78 is 16.2. The van der Waals surface area contributed by atoms with Crippen molar-refractivity contribution in [3.05, 3.63) is 29.3 Å². The predicted octanol–water partition coefficient (Wildman–Crippen LogP) is 2.11. The Morgan fingerprint density at radius 1 is 1.37 bits per heavy atom. The van der Waals surface area contributed by atoms with Crippen molar-refractivity contribution in [3.8, 4) is 5.75 Å². The largest absolute Gasteiger partial charge is 0.496 e. The van der Waals surface area contributed by atoms with Crippen LogP contribution < -0.4 is 10.1 Å². The first kappa shape index (κ1) is 14.3. The Morgan fingerprint density at radius 2 is 2.16 bits per heavy atom. The first-order chi connectivity index (χ1) is 9.19. The van der Waals surface area contributed by atoms with Crippen LogP contribution in [0.25, 0.3) is 0 Å². The smallest absolute Gasteiger partial charge is 0.124 e. The number of rotatable bonds is 7. The van der Waals surface area contributed by atoms with Crippen LogP contribution in [0.5, 0.6) is 5.75 Å². The molecule has 0 amide bonds. The summed E-state index contributed by atoms with van der Waals surface area (Å²) in [7, 11) is 1.69. The van der Waals surface area contributed by atoms with E-state index in [1.807, 2.05) is 6.07 Å². The Labute approximate surface area is 115 Å². The number of ether oxygens (including phenoxy) is 3. The van der Waals surface area contributed by atoms with Gasteiger partial charge < -0.3 is 19.5 Å². The molecule has 4 heteroatoms. The molecule has 1 aliphatic heterocycles. The molecule has 1 fully saturated rings. The van der Waals surface area contributed by atoms with E-state index >= 15 is 0 Å². The molecule has 0 aliphatic carbocycles. The van der Waals surface area contributed by atoms with Crippen LogP contribution in [0.3, 0.4) is 0 Å². The lowest BCUT2D eigenvalue weighted by Gasteiger charge is -2.26. The molecule has 106 valence electrons. The molecule has 0 spiro atoms. The highest BCUT2D eigenvalue weighted by Gasteiger charge is 2.19. The summed E-state index contributed by atoms with van der Waals surface area (Å²) in [6, 6.07) is 6.72. The van der Waals surface area contributed by atoms with Crippen molar-refractivity contribution in [1.82, 2.24) is 5.32 Å². The monoisotopic (exact) mass is 265 g/mol. The molecule has 0 atom stereocenters. The lowest BCUT2D eigenvalue weighted by Crippen LogP contribution is -2.35. The van der Waals surface area contributed by atoms with Gasteiger partial charge in [0.2, 0.25) is 0 Å². The van der Waals surface area contributed by atoms with Gasteiger partial charge in [0, 0.05) is 18.2 Å². The van der Waals surface area contributed by atoms with E-state index in [4.69, 9.17) is 14.2 Å². The van der Waals surface area contributed by atoms with Crippen molar-refractivity contribution < 1.29 is 14.2 Å². The Hall–Kier alpha value is -1.10. The third-order valence-corrected chi connectivity index (χ3v) is 3.14. The first-order valence-electron chi connectivity index (χ1n) is 6.77. The standard InChI is InChI=1S/C15H23NO3/c1-11(2)16-7-12-4-5-15(17-3)13(6-12)8-19-14-9-18-10-14/h4-6,11,14,16H,7-10H2,1-3H3. The molecule has 1 heterocycles. The Morgan fingerprint density at radius 3 is 2.74 bits per heavy atom. The minimum atomic E-state index is 0.238. The van der Waals surface area contributed by atoms with Crippen LogP contribution in [0, 0.1) is 0 Å². The van der Waals surface area contributed by atoms with Crippen LogP contribution in [0.2, 0.25) is 0 Å². The van der Waals surface area contributed by atoms with Crippen LogP contribution in [-0.4, -0.2) is 32.5 Å². The molecular weight excluding hydrogens is 242 g/mol. The van der Waals surface area contributed by atoms with Crippen molar-refractivity contribution in [2.45, 2.75) is 39.1 Å². The highest BCUT2D eigenvalue weighted by Crippen LogP contribution is 2.22. The summed E-state index contributed by atoms with van der Waals surface area (Å²) in [4.78, 5) is 0. The molecule has 1 saturated heterocycles. The predicted molar refractivity (Wildman–Crippen MR) is 74.4 cm³/mol. The fourth-order valence-corrected chi connectivity index (χ4v) is 1.89. The summed E-state index contributed by atoms with van der Waals surface area (Å²) in [5, 5.41) is 3.41. The highest BCUT2D eigenvalue weighted by molar-refractivity contribution is 5.37. The van der Waals surface area contributed by atoms with Gasteiger partial charge in [-0.3, -0.25) is 0 Å². The third-order valence-electron chi connectivity index (χ3n) is 3.14. The fourth-order valence-electron chi connectivity index (χ4n) is 1.89. The maximum absolute atomic E-state index is 5.76. The second kappa shape index (κ2) is 6.89. The maximum atomic E-state index is 5.76. The van der Waals surface area contributed by atoms with Gasteiger partial charge in [-0.15, -0.1) is 0 Å².